The van der Waals surface area contributed by atoms with Gasteiger partial charge in [0.1, 0.15) is 11.6 Å². The van der Waals surface area contributed by atoms with Gasteiger partial charge >= 0.3 is 0 Å². The van der Waals surface area contributed by atoms with Crippen LogP contribution in [-0.2, 0) is 9.59 Å². The van der Waals surface area contributed by atoms with E-state index in [4.69, 9.17) is 13.8 Å². The molecule has 0 N–H and O–H groups in total. The first-order valence-corrected chi connectivity index (χ1v) is 4.48. The fourth-order valence-corrected chi connectivity index (χ4v) is 0.879. The largest absolute Gasteiger partial charge is 0.299 e. The van der Waals surface area contributed by atoms with Crippen LogP contribution in [0.15, 0.2) is 0 Å². The topological polar surface area (TPSA) is 34.1 Å². The van der Waals surface area contributed by atoms with Crippen molar-refractivity contribution in [2.45, 2.75) is 33.1 Å². The molecular formula is C11H16O2. The predicted molar refractivity (Wildman–Crippen MR) is 50.8 cm³/mol. The summed E-state index contributed by atoms with van der Waals surface area (Å²) in [5.74, 6) is -0.636. The summed E-state index contributed by atoms with van der Waals surface area (Å²) in [6.07, 6.45) is 0.415. The molecule has 0 aromatic carbocycles. The molecule has 72 valence electrons. The highest BCUT2D eigenvalue weighted by Crippen LogP contribution is 2.12. The first kappa shape index (κ1) is 12.3. The van der Waals surface area contributed by atoms with E-state index in [0.29, 0.717) is 0 Å². The van der Waals surface area contributed by atoms with Crippen molar-refractivity contribution in [3.05, 3.63) is 13.8 Å². The van der Waals surface area contributed by atoms with Gasteiger partial charge in [0.25, 0.3) is 0 Å². The highest BCUT2D eigenvalue weighted by molar-refractivity contribution is 6.00. The first-order chi connectivity index (χ1) is 6.02. The van der Waals surface area contributed by atoms with E-state index in [0.717, 1.165) is 0 Å². The Balaban J connectivity index is 4.06. The number of carbonyl (C=O) groups is 2. The molecule has 2 heteroatoms. The van der Waals surface area contributed by atoms with Gasteiger partial charge in [-0.25, -0.2) is 0 Å². The molecule has 13 heavy (non-hydrogen) atoms. The number of carbonyl (C=O) groups excluding carboxylic acids is 2. The van der Waals surface area contributed by atoms with E-state index in [1.165, 1.54) is 0 Å². The number of ketones is 2. The van der Waals surface area contributed by atoms with Crippen molar-refractivity contribution in [3.63, 3.8) is 0 Å². The minimum absolute atomic E-state index is 0.0310. The number of rotatable bonds is 6. The highest BCUT2D eigenvalue weighted by atomic mass is 16.1. The zero-order valence-electron chi connectivity index (χ0n) is 8.25. The van der Waals surface area contributed by atoms with Crippen LogP contribution in [0.1, 0.15) is 33.1 Å². The number of hydrogen-bond acceptors (Lipinski definition) is 2. The normalized spacial score (nSPS) is 10.9. The van der Waals surface area contributed by atoms with E-state index in [2.05, 4.69) is 0 Å². The Morgan fingerprint density at radius 2 is 1.54 bits per heavy atom. The average Bonchev–Trinajstić information content (AvgIpc) is 2.06. The molecule has 0 saturated heterocycles. The van der Waals surface area contributed by atoms with Gasteiger partial charge in [0.2, 0.25) is 0 Å². The van der Waals surface area contributed by atoms with Crippen LogP contribution in [-0.4, -0.2) is 11.6 Å². The summed E-state index contributed by atoms with van der Waals surface area (Å²) in [6.45, 7) is 14.2. The van der Waals surface area contributed by atoms with Crippen LogP contribution in [0.25, 0.3) is 0 Å². The zero-order chi connectivity index (χ0) is 10.4. The molecule has 0 unspecified atom stereocenters. The molecule has 0 atom stereocenters. The lowest BCUT2D eigenvalue weighted by Gasteiger charge is -2.10. The van der Waals surface area contributed by atoms with Crippen LogP contribution >= 0.6 is 0 Å². The summed E-state index contributed by atoms with van der Waals surface area (Å²) in [5.41, 5.74) is 0. The molecule has 0 rings (SSSR count). The first-order valence-electron chi connectivity index (χ1n) is 4.48. The van der Waals surface area contributed by atoms with Crippen LogP contribution in [0.3, 0.4) is 0 Å². The van der Waals surface area contributed by atoms with Gasteiger partial charge in [-0.2, -0.15) is 0 Å². The van der Waals surface area contributed by atoms with Crippen LogP contribution in [0.2, 0.25) is 0 Å². The number of Topliss-reactive ketones (excluding diaryl/α,β-unsaturated/α-hetero) is 2. The minimum atomic E-state index is -0.359. The van der Waals surface area contributed by atoms with Crippen LogP contribution in [0, 0.1) is 25.7 Å². The summed E-state index contributed by atoms with van der Waals surface area (Å²) in [6, 6.07) is 0. The van der Waals surface area contributed by atoms with Gasteiger partial charge in [-0.1, -0.05) is 13.8 Å². The van der Waals surface area contributed by atoms with Gasteiger partial charge in [-0.3, -0.25) is 9.59 Å². The molecule has 0 aromatic heterocycles. The monoisotopic (exact) mass is 180 g/mol. The van der Waals surface area contributed by atoms with E-state index in [9.17, 15) is 9.59 Å². The maximum absolute atomic E-state index is 11.3. The molecule has 4 radical (unpaired) electrons. The van der Waals surface area contributed by atoms with Crippen molar-refractivity contribution in [1.82, 2.24) is 0 Å². The van der Waals surface area contributed by atoms with Crippen molar-refractivity contribution in [1.29, 1.82) is 0 Å². The molecule has 0 aromatic rings. The van der Waals surface area contributed by atoms with E-state index in [-0.39, 0.29) is 42.7 Å². The zero-order valence-corrected chi connectivity index (χ0v) is 8.25. The molecule has 0 bridgehead atoms. The molecule has 0 aliphatic heterocycles. The summed E-state index contributed by atoms with van der Waals surface area (Å²) in [7, 11) is 0. The summed E-state index contributed by atoms with van der Waals surface area (Å²) in [4.78, 5) is 22.5. The van der Waals surface area contributed by atoms with Crippen LogP contribution < -0.4 is 0 Å². The summed E-state index contributed by atoms with van der Waals surface area (Å²) >= 11 is 0. The smallest absolute Gasteiger partial charge is 0.143 e. The van der Waals surface area contributed by atoms with Crippen LogP contribution in [0.4, 0.5) is 0 Å². The second-order valence-electron chi connectivity index (χ2n) is 3.43. The Morgan fingerprint density at radius 3 is 1.85 bits per heavy atom. The van der Waals surface area contributed by atoms with E-state index in [1.807, 2.05) is 0 Å². The van der Waals surface area contributed by atoms with Gasteiger partial charge in [0, 0.05) is 11.8 Å². The Labute approximate surface area is 80.7 Å². The second kappa shape index (κ2) is 5.90. The summed E-state index contributed by atoms with van der Waals surface area (Å²) < 4.78 is 0. The molecular weight excluding hydrogens is 164 g/mol. The molecule has 2 nitrogen and oxygen atoms in total. The van der Waals surface area contributed by atoms with E-state index >= 15 is 0 Å². The Hall–Kier alpha value is -0.660. The third kappa shape index (κ3) is 4.20. The highest BCUT2D eigenvalue weighted by Gasteiger charge is 2.19. The molecule has 0 saturated carbocycles. The van der Waals surface area contributed by atoms with Crippen molar-refractivity contribution in [2.75, 3.05) is 0 Å². The van der Waals surface area contributed by atoms with Gasteiger partial charge in [-0.05, 0) is 26.7 Å². The fraction of sp³-hybridized carbons (Fsp3) is 0.636. The lowest BCUT2D eigenvalue weighted by atomic mass is 9.92. The van der Waals surface area contributed by atoms with Crippen molar-refractivity contribution < 1.29 is 9.59 Å². The Morgan fingerprint density at radius 1 is 1.08 bits per heavy atom. The molecule has 0 aliphatic carbocycles. The average molecular weight is 180 g/mol. The maximum Gasteiger partial charge on any atom is 0.143 e. The molecule has 0 fully saturated rings. The van der Waals surface area contributed by atoms with Gasteiger partial charge in [-0.15, -0.1) is 0 Å². The summed E-state index contributed by atoms with van der Waals surface area (Å²) in [5, 5.41) is 0. The number of hydrogen-bond donors (Lipinski definition) is 0. The quantitative estimate of drug-likeness (QED) is 0.586. The third-order valence-corrected chi connectivity index (χ3v) is 2.02. The van der Waals surface area contributed by atoms with Gasteiger partial charge < -0.3 is 0 Å². The molecule has 0 heterocycles. The standard InChI is InChI=1S/C11H16O2/c1-5-9(6-2)11(13)7-10(12)8(3)4/h1-2,8-9H,5-7H2,3-4H3. The lowest BCUT2D eigenvalue weighted by molar-refractivity contribution is -0.130. The van der Waals surface area contributed by atoms with Crippen LogP contribution in [0.5, 0.6) is 0 Å². The second-order valence-corrected chi connectivity index (χ2v) is 3.43. The fourth-order valence-electron chi connectivity index (χ4n) is 0.879. The SMILES string of the molecule is [CH]CC(C[CH])C(=O)CC(=O)C(C)C. The predicted octanol–water partition coefficient (Wildman–Crippen LogP) is 1.99. The van der Waals surface area contributed by atoms with Crippen molar-refractivity contribution in [2.24, 2.45) is 11.8 Å². The molecule has 0 amide bonds. The Kier molecular flexibility index (Phi) is 5.60. The minimum Gasteiger partial charge on any atom is -0.299 e. The lowest BCUT2D eigenvalue weighted by Crippen LogP contribution is -2.19. The van der Waals surface area contributed by atoms with Gasteiger partial charge in [0.15, 0.2) is 0 Å². The van der Waals surface area contributed by atoms with E-state index < -0.39 is 0 Å². The maximum atomic E-state index is 11.3. The Bertz CT molecular complexity index is 179. The van der Waals surface area contributed by atoms with Crippen molar-refractivity contribution in [3.8, 4) is 0 Å². The molecule has 0 spiro atoms. The van der Waals surface area contributed by atoms with Gasteiger partial charge in [0.05, 0.1) is 6.42 Å². The molecule has 0 aliphatic rings. The third-order valence-electron chi connectivity index (χ3n) is 2.02. The van der Waals surface area contributed by atoms with Crippen molar-refractivity contribution >= 4 is 11.6 Å². The van der Waals surface area contributed by atoms with E-state index in [1.54, 1.807) is 13.8 Å².